The number of H-pyrrole nitrogens is 1. The molecule has 0 unspecified atom stereocenters. The summed E-state index contributed by atoms with van der Waals surface area (Å²) in [5.41, 5.74) is 1.26. The third-order valence-electron chi connectivity index (χ3n) is 5.15. The van der Waals surface area contributed by atoms with E-state index in [2.05, 4.69) is 27.4 Å². The van der Waals surface area contributed by atoms with Crippen LogP contribution < -0.4 is 11.2 Å². The molecule has 1 aromatic carbocycles. The molecule has 10 heteroatoms. The zero-order valence-corrected chi connectivity index (χ0v) is 18.5. The summed E-state index contributed by atoms with van der Waals surface area (Å²) < 4.78 is 1.35. The van der Waals surface area contributed by atoms with Crippen molar-refractivity contribution < 1.29 is 4.79 Å². The van der Waals surface area contributed by atoms with Gasteiger partial charge in [-0.1, -0.05) is 30.3 Å². The molecule has 1 fully saturated rings. The number of thiazole rings is 1. The van der Waals surface area contributed by atoms with Gasteiger partial charge in [-0.3, -0.25) is 19.5 Å². The average molecular weight is 462 g/mol. The summed E-state index contributed by atoms with van der Waals surface area (Å²) in [6, 6.07) is 11.4. The highest BCUT2D eigenvalue weighted by atomic mass is 35.5. The molecule has 1 saturated heterocycles. The molecule has 8 nitrogen and oxygen atoms in total. The van der Waals surface area contributed by atoms with Gasteiger partial charge in [0, 0.05) is 68.9 Å². The van der Waals surface area contributed by atoms with Gasteiger partial charge in [-0.15, -0.1) is 23.7 Å². The molecule has 164 valence electrons. The largest absolute Gasteiger partial charge is 0.340 e. The summed E-state index contributed by atoms with van der Waals surface area (Å²) in [5, 5.41) is 3.12. The number of benzene rings is 1. The number of amides is 1. The minimum absolute atomic E-state index is 0. The van der Waals surface area contributed by atoms with E-state index in [4.69, 9.17) is 4.98 Å². The number of aryl methyl sites for hydroxylation is 1. The molecule has 1 N–H and O–H groups in total. The van der Waals surface area contributed by atoms with Crippen LogP contribution in [0.4, 0.5) is 0 Å². The summed E-state index contributed by atoms with van der Waals surface area (Å²) >= 11 is 1.65. The molecule has 0 aliphatic carbocycles. The highest BCUT2D eigenvalue weighted by Crippen LogP contribution is 2.24. The molecule has 3 aromatic rings. The number of rotatable bonds is 6. The number of halogens is 1. The van der Waals surface area contributed by atoms with E-state index in [0.717, 1.165) is 35.9 Å². The number of hydrogen-bond acceptors (Lipinski definition) is 6. The lowest BCUT2D eigenvalue weighted by atomic mass is 10.2. The van der Waals surface area contributed by atoms with Crippen LogP contribution in [0.1, 0.15) is 12.1 Å². The topological polar surface area (TPSA) is 91.3 Å². The number of aromatic nitrogens is 3. The van der Waals surface area contributed by atoms with E-state index in [1.54, 1.807) is 11.3 Å². The number of aromatic amines is 1. The van der Waals surface area contributed by atoms with Crippen molar-refractivity contribution in [1.29, 1.82) is 0 Å². The first-order chi connectivity index (χ1) is 14.6. The van der Waals surface area contributed by atoms with Gasteiger partial charge < -0.3 is 9.47 Å². The quantitative estimate of drug-likeness (QED) is 0.604. The van der Waals surface area contributed by atoms with E-state index in [9.17, 15) is 14.4 Å². The number of carbonyl (C=O) groups is 1. The van der Waals surface area contributed by atoms with Crippen LogP contribution in [0.15, 0.2) is 57.6 Å². The molecule has 31 heavy (non-hydrogen) atoms. The number of piperazine rings is 1. The summed E-state index contributed by atoms with van der Waals surface area (Å²) in [4.78, 5) is 46.4. The first-order valence-electron chi connectivity index (χ1n) is 9.88. The van der Waals surface area contributed by atoms with Gasteiger partial charge in [0.2, 0.25) is 5.91 Å². The molecular weight excluding hydrogens is 438 g/mol. The second-order valence-electron chi connectivity index (χ2n) is 7.22. The molecular formula is C21H24ClN5O3S. The molecule has 2 aromatic heterocycles. The molecule has 1 aliphatic heterocycles. The number of nitrogens with zero attached hydrogens (tertiary/aromatic N) is 4. The van der Waals surface area contributed by atoms with Crippen molar-refractivity contribution in [3.8, 4) is 10.6 Å². The van der Waals surface area contributed by atoms with Crippen molar-refractivity contribution in [2.45, 2.75) is 19.5 Å². The van der Waals surface area contributed by atoms with E-state index < -0.39 is 11.2 Å². The molecule has 0 radical (unpaired) electrons. The fourth-order valence-electron chi connectivity index (χ4n) is 3.47. The minimum Gasteiger partial charge on any atom is -0.340 e. The Labute approximate surface area is 189 Å². The molecule has 0 atom stereocenters. The van der Waals surface area contributed by atoms with E-state index in [-0.39, 0.29) is 31.3 Å². The highest BCUT2D eigenvalue weighted by Gasteiger charge is 2.21. The second kappa shape index (κ2) is 10.5. The van der Waals surface area contributed by atoms with Crippen molar-refractivity contribution >= 4 is 29.7 Å². The van der Waals surface area contributed by atoms with Gasteiger partial charge in [-0.25, -0.2) is 9.78 Å². The predicted octanol–water partition coefficient (Wildman–Crippen LogP) is 1.82. The summed E-state index contributed by atoms with van der Waals surface area (Å²) in [7, 11) is 0. The normalized spacial score (nSPS) is 14.3. The van der Waals surface area contributed by atoms with Crippen molar-refractivity contribution in [1.82, 2.24) is 24.3 Å². The molecule has 0 bridgehead atoms. The maximum absolute atomic E-state index is 12.5. The van der Waals surface area contributed by atoms with Crippen LogP contribution in [0, 0.1) is 0 Å². The lowest BCUT2D eigenvalue weighted by Gasteiger charge is -2.34. The van der Waals surface area contributed by atoms with Crippen molar-refractivity contribution in [3.63, 3.8) is 0 Å². The maximum atomic E-state index is 12.5. The summed E-state index contributed by atoms with van der Waals surface area (Å²) in [6.07, 6.45) is 1.66. The van der Waals surface area contributed by atoms with Gasteiger partial charge in [-0.2, -0.15) is 0 Å². The Balaban J connectivity index is 0.00000272. The smallest absolute Gasteiger partial charge is 0.328 e. The van der Waals surface area contributed by atoms with E-state index in [1.807, 2.05) is 23.1 Å². The van der Waals surface area contributed by atoms with Gasteiger partial charge in [0.25, 0.3) is 5.56 Å². The average Bonchev–Trinajstić information content (AvgIpc) is 3.22. The van der Waals surface area contributed by atoms with E-state index in [0.29, 0.717) is 13.1 Å². The Bertz CT molecular complexity index is 1120. The zero-order chi connectivity index (χ0) is 20.9. The fourth-order valence-corrected chi connectivity index (χ4v) is 4.29. The Hall–Kier alpha value is -2.75. The molecule has 3 heterocycles. The van der Waals surface area contributed by atoms with Gasteiger partial charge >= 0.3 is 5.69 Å². The third kappa shape index (κ3) is 5.90. The Morgan fingerprint density at radius 1 is 1.06 bits per heavy atom. The Morgan fingerprint density at radius 2 is 1.81 bits per heavy atom. The van der Waals surface area contributed by atoms with Crippen LogP contribution in [0.3, 0.4) is 0 Å². The fraction of sp³-hybridized carbons (Fsp3) is 0.333. The Kier molecular flexibility index (Phi) is 7.78. The van der Waals surface area contributed by atoms with Crippen LogP contribution in [-0.2, 0) is 17.9 Å². The van der Waals surface area contributed by atoms with Crippen molar-refractivity contribution in [3.05, 3.63) is 74.5 Å². The minimum atomic E-state index is -0.488. The zero-order valence-electron chi connectivity index (χ0n) is 16.9. The molecule has 4 rings (SSSR count). The SMILES string of the molecule is Cl.O=C(CCn1ccc(=O)[nH]c1=O)N1CCN(Cc2csc(-c3ccccc3)n2)CC1. The van der Waals surface area contributed by atoms with E-state index >= 15 is 0 Å². The number of hydrogen-bond donors (Lipinski definition) is 1. The number of nitrogens with one attached hydrogen (secondary N) is 1. The van der Waals surface area contributed by atoms with Crippen LogP contribution in [0.25, 0.3) is 10.6 Å². The molecule has 0 spiro atoms. The third-order valence-corrected chi connectivity index (χ3v) is 6.09. The Morgan fingerprint density at radius 3 is 2.52 bits per heavy atom. The van der Waals surface area contributed by atoms with Crippen LogP contribution >= 0.6 is 23.7 Å². The lowest BCUT2D eigenvalue weighted by Crippen LogP contribution is -2.48. The van der Waals surface area contributed by atoms with Crippen LogP contribution in [0.5, 0.6) is 0 Å². The monoisotopic (exact) mass is 461 g/mol. The van der Waals surface area contributed by atoms with E-state index in [1.165, 1.54) is 16.8 Å². The van der Waals surface area contributed by atoms with Crippen LogP contribution in [0.2, 0.25) is 0 Å². The first kappa shape index (κ1) is 22.9. The molecule has 0 saturated carbocycles. The molecule has 1 aliphatic rings. The number of carbonyl (C=O) groups excluding carboxylic acids is 1. The van der Waals surface area contributed by atoms with Gasteiger partial charge in [-0.05, 0) is 0 Å². The van der Waals surface area contributed by atoms with Crippen molar-refractivity contribution in [2.24, 2.45) is 0 Å². The predicted molar refractivity (Wildman–Crippen MR) is 123 cm³/mol. The highest BCUT2D eigenvalue weighted by molar-refractivity contribution is 7.13. The standard InChI is InChI=1S/C21H23N5O3S.ClH/c27-18-6-8-26(21(29)23-18)9-7-19(28)25-12-10-24(11-13-25)14-17-15-30-20(22-17)16-4-2-1-3-5-16;/h1-6,8,15H,7,9-14H2,(H,23,27,29);1H. The van der Waals surface area contributed by atoms with Crippen molar-refractivity contribution in [2.75, 3.05) is 26.2 Å². The van der Waals surface area contributed by atoms with Gasteiger partial charge in [0.05, 0.1) is 5.69 Å². The summed E-state index contributed by atoms with van der Waals surface area (Å²) in [6.45, 7) is 3.95. The van der Waals surface area contributed by atoms with Gasteiger partial charge in [0.1, 0.15) is 5.01 Å². The maximum Gasteiger partial charge on any atom is 0.328 e. The lowest BCUT2D eigenvalue weighted by molar-refractivity contribution is -0.133. The molecule has 1 amide bonds. The second-order valence-corrected chi connectivity index (χ2v) is 8.08. The van der Waals surface area contributed by atoms with Gasteiger partial charge in [0.15, 0.2) is 0 Å². The summed E-state index contributed by atoms with van der Waals surface area (Å²) in [5.74, 6) is 0.0211. The first-order valence-corrected chi connectivity index (χ1v) is 10.8. The van der Waals surface area contributed by atoms with Crippen LogP contribution in [-0.4, -0.2) is 56.4 Å².